The van der Waals surface area contributed by atoms with Gasteiger partial charge in [0.05, 0.1) is 17.8 Å². The molecule has 0 aromatic heterocycles. The quantitative estimate of drug-likeness (QED) is 0.775. The van der Waals surface area contributed by atoms with Crippen LogP contribution in [-0.2, 0) is 4.79 Å². The first kappa shape index (κ1) is 15.1. The van der Waals surface area contributed by atoms with Crippen molar-refractivity contribution in [1.29, 1.82) is 0 Å². The lowest BCUT2D eigenvalue weighted by Crippen LogP contribution is -2.22. The summed E-state index contributed by atoms with van der Waals surface area (Å²) in [5.41, 5.74) is 1.54. The number of amides is 1. The lowest BCUT2D eigenvalue weighted by atomic mass is 10.2. The molecule has 0 bridgehead atoms. The fraction of sp³-hybridized carbons (Fsp3) is 0.0667. The number of anilines is 2. The number of carboxylic acids is 1. The van der Waals surface area contributed by atoms with Crippen molar-refractivity contribution in [2.75, 3.05) is 17.2 Å². The van der Waals surface area contributed by atoms with Crippen molar-refractivity contribution in [3.05, 3.63) is 58.6 Å². The SMILES string of the molecule is O=C(CNc1ccccc1)Nc1ccc(C(=O)O)cc1Br. The molecule has 6 heteroatoms. The van der Waals surface area contributed by atoms with E-state index >= 15 is 0 Å². The van der Waals surface area contributed by atoms with E-state index in [0.717, 1.165) is 5.69 Å². The van der Waals surface area contributed by atoms with Crippen LogP contribution in [0.15, 0.2) is 53.0 Å². The molecule has 1 amide bonds. The zero-order chi connectivity index (χ0) is 15.2. The molecule has 0 spiro atoms. The van der Waals surface area contributed by atoms with Gasteiger partial charge in [-0.3, -0.25) is 4.79 Å². The van der Waals surface area contributed by atoms with E-state index in [1.54, 1.807) is 6.07 Å². The van der Waals surface area contributed by atoms with Crippen molar-refractivity contribution in [3.63, 3.8) is 0 Å². The maximum Gasteiger partial charge on any atom is 0.335 e. The van der Waals surface area contributed by atoms with Crippen LogP contribution in [0, 0.1) is 0 Å². The van der Waals surface area contributed by atoms with Gasteiger partial charge in [-0.05, 0) is 46.3 Å². The summed E-state index contributed by atoms with van der Waals surface area (Å²) in [6.07, 6.45) is 0. The molecule has 0 aliphatic heterocycles. The van der Waals surface area contributed by atoms with Gasteiger partial charge in [0.2, 0.25) is 5.91 Å². The van der Waals surface area contributed by atoms with Crippen molar-refractivity contribution in [3.8, 4) is 0 Å². The molecular formula is C15H13BrN2O3. The van der Waals surface area contributed by atoms with Gasteiger partial charge in [-0.2, -0.15) is 0 Å². The fourth-order valence-corrected chi connectivity index (χ4v) is 2.16. The number of halogens is 1. The Bertz CT molecular complexity index is 659. The van der Waals surface area contributed by atoms with Gasteiger partial charge in [-0.15, -0.1) is 0 Å². The molecule has 2 rings (SSSR count). The fourth-order valence-electron chi connectivity index (χ4n) is 1.68. The minimum absolute atomic E-state index is 0.122. The predicted molar refractivity (Wildman–Crippen MR) is 84.7 cm³/mol. The first-order valence-corrected chi connectivity index (χ1v) is 6.97. The van der Waals surface area contributed by atoms with Gasteiger partial charge in [0.25, 0.3) is 0 Å². The molecule has 2 aromatic rings. The Morgan fingerprint density at radius 2 is 1.81 bits per heavy atom. The second-order valence-corrected chi connectivity index (χ2v) is 5.12. The highest BCUT2D eigenvalue weighted by molar-refractivity contribution is 9.10. The Kier molecular flexibility index (Phi) is 4.94. The molecule has 108 valence electrons. The summed E-state index contributed by atoms with van der Waals surface area (Å²) in [6.45, 7) is 0.122. The molecular weight excluding hydrogens is 336 g/mol. The van der Waals surface area contributed by atoms with Crippen molar-refractivity contribution in [2.45, 2.75) is 0 Å². The van der Waals surface area contributed by atoms with E-state index in [4.69, 9.17) is 5.11 Å². The summed E-state index contributed by atoms with van der Waals surface area (Å²) in [5.74, 6) is -1.23. The predicted octanol–water partition coefficient (Wildman–Crippen LogP) is 3.20. The third-order valence-corrected chi connectivity index (χ3v) is 3.37. The Hall–Kier alpha value is -2.34. The lowest BCUT2D eigenvalue weighted by Gasteiger charge is -2.09. The van der Waals surface area contributed by atoms with Gasteiger partial charge in [0.1, 0.15) is 0 Å². The summed E-state index contributed by atoms with van der Waals surface area (Å²) >= 11 is 3.24. The third kappa shape index (κ3) is 4.32. The van der Waals surface area contributed by atoms with E-state index in [2.05, 4.69) is 26.6 Å². The first-order chi connectivity index (χ1) is 10.1. The smallest absolute Gasteiger partial charge is 0.335 e. The number of carbonyl (C=O) groups is 2. The molecule has 2 aromatic carbocycles. The number of para-hydroxylation sites is 1. The molecule has 5 nitrogen and oxygen atoms in total. The van der Waals surface area contributed by atoms with Crippen LogP contribution in [0.4, 0.5) is 11.4 Å². The van der Waals surface area contributed by atoms with Crippen LogP contribution >= 0.6 is 15.9 Å². The molecule has 3 N–H and O–H groups in total. The van der Waals surface area contributed by atoms with Crippen LogP contribution < -0.4 is 10.6 Å². The van der Waals surface area contributed by atoms with Gasteiger partial charge in [0, 0.05) is 10.2 Å². The van der Waals surface area contributed by atoms with E-state index < -0.39 is 5.97 Å². The molecule has 0 aliphatic carbocycles. The Morgan fingerprint density at radius 3 is 2.43 bits per heavy atom. The van der Waals surface area contributed by atoms with Crippen molar-refractivity contribution in [2.24, 2.45) is 0 Å². The molecule has 0 saturated carbocycles. The highest BCUT2D eigenvalue weighted by atomic mass is 79.9. The lowest BCUT2D eigenvalue weighted by molar-refractivity contribution is -0.114. The normalized spacial score (nSPS) is 9.95. The number of carboxylic acid groups (broad SMARTS) is 1. The summed E-state index contributed by atoms with van der Waals surface area (Å²) in [6, 6.07) is 13.8. The van der Waals surface area contributed by atoms with Gasteiger partial charge < -0.3 is 15.7 Å². The Balaban J connectivity index is 1.95. The van der Waals surface area contributed by atoms with Gasteiger partial charge in [-0.1, -0.05) is 18.2 Å². The van der Waals surface area contributed by atoms with Crippen molar-refractivity contribution >= 4 is 39.2 Å². The summed E-state index contributed by atoms with van der Waals surface area (Å²) in [4.78, 5) is 22.7. The largest absolute Gasteiger partial charge is 0.478 e. The van der Waals surface area contributed by atoms with Crippen LogP contribution in [0.5, 0.6) is 0 Å². The third-order valence-electron chi connectivity index (χ3n) is 2.72. The molecule has 0 unspecified atom stereocenters. The second kappa shape index (κ2) is 6.90. The maximum atomic E-state index is 11.8. The van der Waals surface area contributed by atoms with Crippen molar-refractivity contribution < 1.29 is 14.7 Å². The van der Waals surface area contributed by atoms with Gasteiger partial charge in [-0.25, -0.2) is 4.79 Å². The zero-order valence-electron chi connectivity index (χ0n) is 11.0. The van der Waals surface area contributed by atoms with Crippen LogP contribution in [0.3, 0.4) is 0 Å². The highest BCUT2D eigenvalue weighted by Gasteiger charge is 2.09. The summed E-state index contributed by atoms with van der Waals surface area (Å²) in [7, 11) is 0. The summed E-state index contributed by atoms with van der Waals surface area (Å²) < 4.78 is 0.524. The first-order valence-electron chi connectivity index (χ1n) is 6.18. The van der Waals surface area contributed by atoms with E-state index in [1.807, 2.05) is 30.3 Å². The van der Waals surface area contributed by atoms with E-state index in [9.17, 15) is 9.59 Å². The van der Waals surface area contributed by atoms with Crippen LogP contribution in [-0.4, -0.2) is 23.5 Å². The number of hydrogen-bond acceptors (Lipinski definition) is 3. The van der Waals surface area contributed by atoms with Crippen LogP contribution in [0.25, 0.3) is 0 Å². The van der Waals surface area contributed by atoms with E-state index in [-0.39, 0.29) is 18.0 Å². The number of rotatable bonds is 5. The highest BCUT2D eigenvalue weighted by Crippen LogP contribution is 2.23. The minimum atomic E-state index is -1.01. The van der Waals surface area contributed by atoms with Gasteiger partial charge in [0.15, 0.2) is 0 Å². The van der Waals surface area contributed by atoms with E-state index in [1.165, 1.54) is 12.1 Å². The van der Waals surface area contributed by atoms with Crippen LogP contribution in [0.2, 0.25) is 0 Å². The molecule has 21 heavy (non-hydrogen) atoms. The average Bonchev–Trinajstić information content (AvgIpc) is 2.48. The minimum Gasteiger partial charge on any atom is -0.478 e. The van der Waals surface area contributed by atoms with Gasteiger partial charge >= 0.3 is 5.97 Å². The Morgan fingerprint density at radius 1 is 1.10 bits per heavy atom. The van der Waals surface area contributed by atoms with Crippen LogP contribution in [0.1, 0.15) is 10.4 Å². The standard InChI is InChI=1S/C15H13BrN2O3/c16-12-8-10(15(20)21)6-7-13(12)18-14(19)9-17-11-4-2-1-3-5-11/h1-8,17H,9H2,(H,18,19)(H,20,21). The molecule has 0 aliphatic rings. The zero-order valence-corrected chi connectivity index (χ0v) is 12.6. The number of benzene rings is 2. The topological polar surface area (TPSA) is 78.4 Å². The molecule has 0 atom stereocenters. The number of carbonyl (C=O) groups excluding carboxylic acids is 1. The number of aromatic carboxylic acids is 1. The second-order valence-electron chi connectivity index (χ2n) is 4.27. The molecule has 0 radical (unpaired) electrons. The number of nitrogens with one attached hydrogen (secondary N) is 2. The van der Waals surface area contributed by atoms with E-state index in [0.29, 0.717) is 10.2 Å². The molecule has 0 saturated heterocycles. The number of hydrogen-bond donors (Lipinski definition) is 3. The monoisotopic (exact) mass is 348 g/mol. The summed E-state index contributed by atoms with van der Waals surface area (Å²) in [5, 5.41) is 14.6. The molecule has 0 heterocycles. The maximum absolute atomic E-state index is 11.8. The average molecular weight is 349 g/mol. The molecule has 0 fully saturated rings. The van der Waals surface area contributed by atoms with Crippen molar-refractivity contribution in [1.82, 2.24) is 0 Å². The Labute approximate surface area is 130 Å².